The summed E-state index contributed by atoms with van der Waals surface area (Å²) in [6.45, 7) is 6.93. The molecule has 5 atom stereocenters. The molecule has 1 aromatic heterocycles. The lowest BCUT2D eigenvalue weighted by Crippen LogP contribution is -2.58. The number of carbonyl (C=O) groups excluding carboxylic acids is 2. The summed E-state index contributed by atoms with van der Waals surface area (Å²) in [6, 6.07) is 13.4. The number of benzene rings is 2. The van der Waals surface area contributed by atoms with Gasteiger partial charge in [-0.05, 0) is 50.5 Å². The third kappa shape index (κ3) is 4.75. The van der Waals surface area contributed by atoms with Crippen LogP contribution in [-0.2, 0) is 20.7 Å². The zero-order chi connectivity index (χ0) is 27.3. The van der Waals surface area contributed by atoms with Crippen LogP contribution >= 0.6 is 0 Å². The SMILES string of the molecule is COc1ccc2c(c1)OC(C)(C)[C@@H]1C[C@H]3CN(C(=O)[C@H](Cc4c[nH]c5ccccc45)NC(C)=O)CC[C@H]3O[C@@H]21. The fourth-order valence-electron chi connectivity index (χ4n) is 6.80. The topological polar surface area (TPSA) is 92.9 Å². The van der Waals surface area contributed by atoms with Gasteiger partial charge in [0.25, 0.3) is 0 Å². The number of amides is 2. The van der Waals surface area contributed by atoms with Gasteiger partial charge in [0.1, 0.15) is 23.1 Å². The maximum atomic E-state index is 13.8. The lowest BCUT2D eigenvalue weighted by Gasteiger charge is -2.53. The van der Waals surface area contributed by atoms with Gasteiger partial charge in [0, 0.05) is 67.0 Å². The average molecular weight is 532 g/mol. The first-order chi connectivity index (χ1) is 18.7. The minimum atomic E-state index is -0.619. The summed E-state index contributed by atoms with van der Waals surface area (Å²) in [5.74, 6) is 1.72. The van der Waals surface area contributed by atoms with E-state index in [1.165, 1.54) is 6.92 Å². The third-order valence-corrected chi connectivity index (χ3v) is 8.79. The van der Waals surface area contributed by atoms with Gasteiger partial charge in [-0.25, -0.2) is 0 Å². The van der Waals surface area contributed by atoms with Gasteiger partial charge in [-0.1, -0.05) is 18.2 Å². The highest BCUT2D eigenvalue weighted by Gasteiger charge is 2.52. The molecule has 8 heteroatoms. The highest BCUT2D eigenvalue weighted by Crippen LogP contribution is 2.53. The number of likely N-dealkylation sites (tertiary alicyclic amines) is 1. The molecule has 4 heterocycles. The van der Waals surface area contributed by atoms with Crippen LogP contribution in [0.15, 0.2) is 48.7 Å². The Kier molecular flexibility index (Phi) is 6.53. The number of carbonyl (C=O) groups is 2. The van der Waals surface area contributed by atoms with Crippen molar-refractivity contribution in [2.75, 3.05) is 20.2 Å². The van der Waals surface area contributed by atoms with Crippen LogP contribution in [0, 0.1) is 11.8 Å². The highest BCUT2D eigenvalue weighted by molar-refractivity contribution is 5.89. The molecular formula is C31H37N3O5. The van der Waals surface area contributed by atoms with Gasteiger partial charge in [-0.15, -0.1) is 0 Å². The first kappa shape index (κ1) is 25.7. The van der Waals surface area contributed by atoms with E-state index in [1.54, 1.807) is 7.11 Å². The smallest absolute Gasteiger partial charge is 0.245 e. The van der Waals surface area contributed by atoms with Crippen LogP contribution < -0.4 is 14.8 Å². The number of rotatable bonds is 5. The number of hydrogen-bond donors (Lipinski definition) is 2. The van der Waals surface area contributed by atoms with Crippen LogP contribution in [0.3, 0.4) is 0 Å². The number of H-pyrrole nitrogens is 1. The van der Waals surface area contributed by atoms with Crippen molar-refractivity contribution >= 4 is 22.7 Å². The molecule has 2 amide bonds. The summed E-state index contributed by atoms with van der Waals surface area (Å²) in [5.41, 5.74) is 2.69. The van der Waals surface area contributed by atoms with Gasteiger partial charge in [-0.3, -0.25) is 9.59 Å². The van der Waals surface area contributed by atoms with Crippen LogP contribution in [0.5, 0.6) is 11.5 Å². The van der Waals surface area contributed by atoms with Gasteiger partial charge < -0.3 is 29.4 Å². The van der Waals surface area contributed by atoms with Gasteiger partial charge in [0.05, 0.1) is 19.3 Å². The largest absolute Gasteiger partial charge is 0.497 e. The molecule has 2 N–H and O–H groups in total. The van der Waals surface area contributed by atoms with Crippen molar-refractivity contribution in [1.29, 1.82) is 0 Å². The predicted molar refractivity (Wildman–Crippen MR) is 148 cm³/mol. The number of aromatic amines is 1. The maximum absolute atomic E-state index is 13.8. The summed E-state index contributed by atoms with van der Waals surface area (Å²) in [5, 5.41) is 4.00. The van der Waals surface area contributed by atoms with Crippen molar-refractivity contribution in [2.24, 2.45) is 11.8 Å². The second-order valence-electron chi connectivity index (χ2n) is 11.7. The Morgan fingerprint density at radius 3 is 2.85 bits per heavy atom. The summed E-state index contributed by atoms with van der Waals surface area (Å²) in [6.07, 6.45) is 4.08. The highest BCUT2D eigenvalue weighted by atomic mass is 16.5. The Hall–Kier alpha value is -3.52. The van der Waals surface area contributed by atoms with E-state index < -0.39 is 11.6 Å². The zero-order valence-corrected chi connectivity index (χ0v) is 23.0. The first-order valence-electron chi connectivity index (χ1n) is 13.9. The second-order valence-corrected chi connectivity index (χ2v) is 11.7. The minimum absolute atomic E-state index is 0.0346. The normalized spacial score (nSPS) is 26.0. The van der Waals surface area contributed by atoms with E-state index in [1.807, 2.05) is 47.5 Å². The van der Waals surface area contributed by atoms with E-state index in [2.05, 4.69) is 30.2 Å². The molecule has 0 bridgehead atoms. The van der Waals surface area contributed by atoms with E-state index in [4.69, 9.17) is 14.2 Å². The van der Waals surface area contributed by atoms with Crippen molar-refractivity contribution in [3.8, 4) is 11.5 Å². The fraction of sp³-hybridized carbons (Fsp3) is 0.484. The Bertz CT molecular complexity index is 1400. The van der Waals surface area contributed by atoms with Crippen LogP contribution in [-0.4, -0.2) is 59.6 Å². The molecule has 0 spiro atoms. The molecule has 2 saturated heterocycles. The number of ether oxygens (including phenoxy) is 3. The Balaban J connectivity index is 1.20. The molecule has 0 radical (unpaired) electrons. The number of nitrogens with zero attached hydrogens (tertiary/aromatic N) is 1. The number of para-hydroxylation sites is 1. The van der Waals surface area contributed by atoms with Crippen molar-refractivity contribution in [3.63, 3.8) is 0 Å². The van der Waals surface area contributed by atoms with Crippen molar-refractivity contribution in [2.45, 2.75) is 63.9 Å². The quantitative estimate of drug-likeness (QED) is 0.510. The summed E-state index contributed by atoms with van der Waals surface area (Å²) in [4.78, 5) is 31.1. The molecule has 6 rings (SSSR count). The molecular weight excluding hydrogens is 494 g/mol. The first-order valence-corrected chi connectivity index (χ1v) is 13.9. The Morgan fingerprint density at radius 1 is 1.23 bits per heavy atom. The molecule has 0 saturated carbocycles. The average Bonchev–Trinajstić information content (AvgIpc) is 3.33. The lowest BCUT2D eigenvalue weighted by atomic mass is 9.70. The van der Waals surface area contributed by atoms with Crippen molar-refractivity contribution < 1.29 is 23.8 Å². The standard InChI is InChI=1S/C31H37N3O5/c1-18(35)33-26(14-19-16-32-25-8-6-5-7-22(19)25)30(36)34-12-11-27-20(17-34)13-24-29(38-27)23-10-9-21(37-4)15-28(23)39-31(24,2)3/h5-10,15-16,20,24,26-27,29,32H,11-14,17H2,1-4H3,(H,33,35)/t20-,24+,26-,27+,29-/m0/s1. The molecule has 206 valence electrons. The number of nitrogens with one attached hydrogen (secondary N) is 2. The number of piperidine rings is 1. The molecule has 0 unspecified atom stereocenters. The molecule has 3 aromatic rings. The van der Waals surface area contributed by atoms with Crippen molar-refractivity contribution in [3.05, 3.63) is 59.8 Å². The summed E-state index contributed by atoms with van der Waals surface area (Å²) < 4.78 is 18.7. The molecule has 39 heavy (non-hydrogen) atoms. The van der Waals surface area contributed by atoms with E-state index in [9.17, 15) is 9.59 Å². The van der Waals surface area contributed by atoms with Gasteiger partial charge in [0.2, 0.25) is 11.8 Å². The molecule has 0 aliphatic carbocycles. The molecule has 8 nitrogen and oxygen atoms in total. The third-order valence-electron chi connectivity index (χ3n) is 8.79. The second kappa shape index (κ2) is 9.90. The van der Waals surface area contributed by atoms with Crippen LogP contribution in [0.2, 0.25) is 0 Å². The maximum Gasteiger partial charge on any atom is 0.245 e. The van der Waals surface area contributed by atoms with E-state index in [0.29, 0.717) is 19.5 Å². The Morgan fingerprint density at radius 2 is 2.05 bits per heavy atom. The van der Waals surface area contributed by atoms with E-state index >= 15 is 0 Å². The van der Waals surface area contributed by atoms with Crippen molar-refractivity contribution in [1.82, 2.24) is 15.2 Å². The fourth-order valence-corrected chi connectivity index (χ4v) is 6.80. The zero-order valence-electron chi connectivity index (χ0n) is 23.0. The summed E-state index contributed by atoms with van der Waals surface area (Å²) >= 11 is 0. The Labute approximate surface area is 229 Å². The molecule has 3 aliphatic rings. The van der Waals surface area contributed by atoms with Crippen LogP contribution in [0.1, 0.15) is 50.8 Å². The van der Waals surface area contributed by atoms with Gasteiger partial charge in [0.15, 0.2) is 0 Å². The number of fused-ring (bicyclic) bond motifs is 5. The lowest BCUT2D eigenvalue weighted by molar-refractivity contribution is -0.189. The minimum Gasteiger partial charge on any atom is -0.497 e. The van der Waals surface area contributed by atoms with Crippen LogP contribution in [0.25, 0.3) is 10.9 Å². The van der Waals surface area contributed by atoms with Gasteiger partial charge >= 0.3 is 0 Å². The summed E-state index contributed by atoms with van der Waals surface area (Å²) in [7, 11) is 1.66. The number of aromatic nitrogens is 1. The predicted octanol–water partition coefficient (Wildman–Crippen LogP) is 4.39. The monoisotopic (exact) mass is 531 g/mol. The van der Waals surface area contributed by atoms with Crippen LogP contribution in [0.4, 0.5) is 0 Å². The van der Waals surface area contributed by atoms with Gasteiger partial charge in [-0.2, -0.15) is 0 Å². The molecule has 2 fully saturated rings. The number of methoxy groups -OCH3 is 1. The van der Waals surface area contributed by atoms with E-state index in [-0.39, 0.29) is 35.9 Å². The number of hydrogen-bond acceptors (Lipinski definition) is 5. The van der Waals surface area contributed by atoms with E-state index in [0.717, 1.165) is 46.4 Å². The molecule has 3 aliphatic heterocycles. The molecule has 2 aromatic carbocycles.